The Morgan fingerprint density at radius 1 is 1.26 bits per heavy atom. The van der Waals surface area contributed by atoms with E-state index in [0.717, 1.165) is 51.6 Å². The van der Waals surface area contributed by atoms with Crippen molar-refractivity contribution in [2.24, 2.45) is 4.99 Å². The van der Waals surface area contributed by atoms with Gasteiger partial charge in [-0.1, -0.05) is 12.2 Å². The molecule has 0 aromatic rings. The highest BCUT2D eigenvalue weighted by molar-refractivity contribution is 5.80. The molecule has 1 fully saturated rings. The van der Waals surface area contributed by atoms with E-state index in [-0.39, 0.29) is 11.9 Å². The van der Waals surface area contributed by atoms with Gasteiger partial charge < -0.3 is 15.5 Å². The molecule has 0 aliphatic carbocycles. The van der Waals surface area contributed by atoms with Crippen LogP contribution >= 0.6 is 0 Å². The average Bonchev–Trinajstić information content (AvgIpc) is 2.50. The van der Waals surface area contributed by atoms with Crippen molar-refractivity contribution in [2.45, 2.75) is 40.2 Å². The molecule has 0 spiro atoms. The molecule has 1 saturated heterocycles. The molecule has 1 heterocycles. The fourth-order valence-electron chi connectivity index (χ4n) is 2.53. The molecule has 0 unspecified atom stereocenters. The Balaban J connectivity index is 2.43. The topological polar surface area (TPSA) is 60.0 Å². The molecule has 1 rings (SSSR count). The Bertz CT molecular complexity index is 398. The summed E-state index contributed by atoms with van der Waals surface area (Å²) >= 11 is 0. The van der Waals surface area contributed by atoms with E-state index in [1.807, 2.05) is 20.8 Å². The van der Waals surface area contributed by atoms with Gasteiger partial charge in [0.15, 0.2) is 5.96 Å². The van der Waals surface area contributed by atoms with Crippen molar-refractivity contribution in [3.63, 3.8) is 0 Å². The summed E-state index contributed by atoms with van der Waals surface area (Å²) < 4.78 is 0. The molecule has 23 heavy (non-hydrogen) atoms. The van der Waals surface area contributed by atoms with Crippen LogP contribution in [-0.4, -0.2) is 73.5 Å². The Labute approximate surface area is 141 Å². The van der Waals surface area contributed by atoms with Crippen LogP contribution in [-0.2, 0) is 4.79 Å². The quantitative estimate of drug-likeness (QED) is 0.318. The molecule has 0 aromatic heterocycles. The van der Waals surface area contributed by atoms with Gasteiger partial charge in [0.1, 0.15) is 0 Å². The predicted molar refractivity (Wildman–Crippen MR) is 96.7 cm³/mol. The second-order valence-corrected chi connectivity index (χ2v) is 6.08. The van der Waals surface area contributed by atoms with Gasteiger partial charge in [-0.3, -0.25) is 14.7 Å². The molecule has 0 atom stereocenters. The summed E-state index contributed by atoms with van der Waals surface area (Å²) in [6, 6.07) is 0.202. The molecule has 1 amide bonds. The van der Waals surface area contributed by atoms with E-state index in [2.05, 4.69) is 44.5 Å². The number of piperazine rings is 1. The zero-order valence-corrected chi connectivity index (χ0v) is 15.1. The molecular formula is C17H33N5O. The van der Waals surface area contributed by atoms with Gasteiger partial charge in [0.2, 0.25) is 5.91 Å². The van der Waals surface area contributed by atoms with E-state index >= 15 is 0 Å². The van der Waals surface area contributed by atoms with Gasteiger partial charge in [-0.15, -0.1) is 0 Å². The predicted octanol–water partition coefficient (Wildman–Crippen LogP) is 1.06. The van der Waals surface area contributed by atoms with Gasteiger partial charge in [0.25, 0.3) is 0 Å². The van der Waals surface area contributed by atoms with Crippen molar-refractivity contribution in [1.29, 1.82) is 0 Å². The van der Waals surface area contributed by atoms with Gasteiger partial charge in [-0.2, -0.15) is 0 Å². The van der Waals surface area contributed by atoms with E-state index in [0.29, 0.717) is 6.54 Å². The lowest BCUT2D eigenvalue weighted by Crippen LogP contribution is -2.54. The van der Waals surface area contributed by atoms with Crippen LogP contribution < -0.4 is 10.6 Å². The molecule has 0 radical (unpaired) electrons. The molecule has 6 heteroatoms. The Morgan fingerprint density at radius 2 is 1.96 bits per heavy atom. The second-order valence-electron chi connectivity index (χ2n) is 6.08. The van der Waals surface area contributed by atoms with Crippen molar-refractivity contribution in [3.8, 4) is 0 Å². The summed E-state index contributed by atoms with van der Waals surface area (Å²) in [5.41, 5.74) is 0. The number of guanidine groups is 1. The van der Waals surface area contributed by atoms with E-state index < -0.39 is 0 Å². The smallest absolute Gasteiger partial charge is 0.234 e. The van der Waals surface area contributed by atoms with Gasteiger partial charge in [-0.25, -0.2) is 0 Å². The van der Waals surface area contributed by atoms with Gasteiger partial charge in [0, 0.05) is 45.3 Å². The van der Waals surface area contributed by atoms with Crippen molar-refractivity contribution in [2.75, 3.05) is 45.8 Å². The van der Waals surface area contributed by atoms with E-state index in [1.54, 1.807) is 0 Å². The van der Waals surface area contributed by atoms with Crippen LogP contribution in [0, 0.1) is 0 Å². The van der Waals surface area contributed by atoms with Crippen molar-refractivity contribution in [1.82, 2.24) is 20.4 Å². The number of carbonyl (C=O) groups excluding carboxylic acids is 1. The minimum atomic E-state index is 0.111. The summed E-state index contributed by atoms with van der Waals surface area (Å²) in [5, 5.41) is 6.31. The SMILES string of the molecule is C/C=C/CCN=C(NCC)N1CCN(CC(=O)NC(C)C)CC1. The van der Waals surface area contributed by atoms with Crippen LogP contribution in [0.15, 0.2) is 17.1 Å². The first kappa shape index (κ1) is 19.5. The number of allylic oxidation sites excluding steroid dienone is 1. The lowest BCUT2D eigenvalue weighted by molar-refractivity contribution is -0.123. The number of aliphatic imine (C=N–C) groups is 1. The number of amides is 1. The first-order chi connectivity index (χ1) is 11.1. The number of nitrogens with zero attached hydrogens (tertiary/aromatic N) is 3. The number of hydrogen-bond donors (Lipinski definition) is 2. The van der Waals surface area contributed by atoms with Gasteiger partial charge in [0.05, 0.1) is 6.54 Å². The van der Waals surface area contributed by atoms with Crippen molar-refractivity contribution in [3.05, 3.63) is 12.2 Å². The molecule has 2 N–H and O–H groups in total. The highest BCUT2D eigenvalue weighted by Crippen LogP contribution is 2.03. The van der Waals surface area contributed by atoms with E-state index in [1.165, 1.54) is 0 Å². The van der Waals surface area contributed by atoms with Crippen LogP contribution in [0.25, 0.3) is 0 Å². The third-order valence-corrected chi connectivity index (χ3v) is 3.62. The third kappa shape index (κ3) is 8.02. The molecule has 0 saturated carbocycles. The van der Waals surface area contributed by atoms with Gasteiger partial charge >= 0.3 is 0 Å². The zero-order valence-electron chi connectivity index (χ0n) is 15.1. The number of hydrogen-bond acceptors (Lipinski definition) is 3. The highest BCUT2D eigenvalue weighted by atomic mass is 16.2. The highest BCUT2D eigenvalue weighted by Gasteiger charge is 2.21. The average molecular weight is 323 g/mol. The summed E-state index contributed by atoms with van der Waals surface area (Å²) in [4.78, 5) is 21.0. The monoisotopic (exact) mass is 323 g/mol. The number of carbonyl (C=O) groups is 1. The molecular weight excluding hydrogens is 290 g/mol. The maximum atomic E-state index is 11.8. The summed E-state index contributed by atoms with van der Waals surface area (Å²) in [7, 11) is 0. The maximum Gasteiger partial charge on any atom is 0.234 e. The van der Waals surface area contributed by atoms with Crippen LogP contribution in [0.2, 0.25) is 0 Å². The lowest BCUT2D eigenvalue weighted by Gasteiger charge is -2.36. The van der Waals surface area contributed by atoms with Crippen LogP contribution in [0.5, 0.6) is 0 Å². The Kier molecular flexibility index (Phi) is 9.36. The molecule has 6 nitrogen and oxygen atoms in total. The fraction of sp³-hybridized carbons (Fsp3) is 0.765. The van der Waals surface area contributed by atoms with Gasteiger partial charge in [-0.05, 0) is 34.1 Å². The summed E-state index contributed by atoms with van der Waals surface area (Å²) in [6.45, 7) is 13.9. The maximum absolute atomic E-state index is 11.8. The second kappa shape index (κ2) is 11.0. The third-order valence-electron chi connectivity index (χ3n) is 3.62. The molecule has 132 valence electrons. The van der Waals surface area contributed by atoms with Crippen molar-refractivity contribution >= 4 is 11.9 Å². The first-order valence-corrected chi connectivity index (χ1v) is 8.73. The molecule has 0 bridgehead atoms. The van der Waals surface area contributed by atoms with E-state index in [4.69, 9.17) is 0 Å². The first-order valence-electron chi connectivity index (χ1n) is 8.73. The zero-order chi connectivity index (χ0) is 17.1. The minimum Gasteiger partial charge on any atom is -0.357 e. The van der Waals surface area contributed by atoms with Crippen LogP contribution in [0.1, 0.15) is 34.1 Å². The standard InChI is InChI=1S/C17H33N5O/c1-5-7-8-9-19-17(18-6-2)22-12-10-21(11-13-22)14-16(23)20-15(3)4/h5,7,15H,6,8-14H2,1-4H3,(H,18,19)(H,20,23)/b7-5+. The number of rotatable bonds is 7. The molecule has 1 aliphatic rings. The van der Waals surface area contributed by atoms with Crippen LogP contribution in [0.3, 0.4) is 0 Å². The normalized spacial score (nSPS) is 17.1. The van der Waals surface area contributed by atoms with Crippen molar-refractivity contribution < 1.29 is 4.79 Å². The number of nitrogens with one attached hydrogen (secondary N) is 2. The lowest BCUT2D eigenvalue weighted by atomic mass is 10.3. The molecule has 1 aliphatic heterocycles. The fourth-order valence-corrected chi connectivity index (χ4v) is 2.53. The minimum absolute atomic E-state index is 0.111. The Morgan fingerprint density at radius 3 is 2.52 bits per heavy atom. The van der Waals surface area contributed by atoms with Crippen LogP contribution in [0.4, 0.5) is 0 Å². The summed E-state index contributed by atoms with van der Waals surface area (Å²) in [6.07, 6.45) is 5.17. The summed E-state index contributed by atoms with van der Waals surface area (Å²) in [5.74, 6) is 1.10. The largest absolute Gasteiger partial charge is 0.357 e. The van der Waals surface area contributed by atoms with E-state index in [9.17, 15) is 4.79 Å². The Hall–Kier alpha value is -1.56. The molecule has 0 aromatic carbocycles.